The zero-order valence-electron chi connectivity index (χ0n) is 9.67. The van der Waals surface area contributed by atoms with E-state index in [4.69, 9.17) is 15.6 Å². The van der Waals surface area contributed by atoms with Crippen LogP contribution >= 0.6 is 0 Å². The van der Waals surface area contributed by atoms with Crippen LogP contribution in [0.5, 0.6) is 0 Å². The van der Waals surface area contributed by atoms with Crippen molar-refractivity contribution in [2.24, 2.45) is 5.73 Å². The lowest BCUT2D eigenvalue weighted by atomic mass is 10.2. The van der Waals surface area contributed by atoms with E-state index in [0.29, 0.717) is 26.3 Å². The normalized spacial score (nSPS) is 11.2. The molecule has 5 nitrogen and oxygen atoms in total. The van der Waals surface area contributed by atoms with Gasteiger partial charge in [-0.05, 0) is 17.7 Å². The molecule has 0 amide bonds. The molecule has 2 rings (SSSR count). The van der Waals surface area contributed by atoms with E-state index in [-0.39, 0.29) is 6.61 Å². The van der Waals surface area contributed by atoms with E-state index in [0.717, 1.165) is 16.6 Å². The number of aromatic nitrogens is 2. The van der Waals surface area contributed by atoms with Crippen molar-refractivity contribution in [3.63, 3.8) is 0 Å². The largest absolute Gasteiger partial charge is 0.394 e. The number of ether oxygens (including phenoxy) is 1. The minimum atomic E-state index is 0.0543. The summed E-state index contributed by atoms with van der Waals surface area (Å²) in [5.41, 5.74) is 7.72. The first-order valence-corrected chi connectivity index (χ1v) is 5.68. The summed E-state index contributed by atoms with van der Waals surface area (Å²) >= 11 is 0. The van der Waals surface area contributed by atoms with Crippen LogP contribution in [0.3, 0.4) is 0 Å². The number of nitrogens with zero attached hydrogens (tertiary/aromatic N) is 2. The molecule has 5 heteroatoms. The summed E-state index contributed by atoms with van der Waals surface area (Å²) in [4.78, 5) is 4.35. The lowest BCUT2D eigenvalue weighted by molar-refractivity contribution is 0.0874. The van der Waals surface area contributed by atoms with Crippen molar-refractivity contribution in [1.82, 2.24) is 9.55 Å². The van der Waals surface area contributed by atoms with Gasteiger partial charge in [-0.15, -0.1) is 0 Å². The summed E-state index contributed by atoms with van der Waals surface area (Å²) < 4.78 is 7.29. The van der Waals surface area contributed by atoms with Crippen LogP contribution in [0.4, 0.5) is 0 Å². The lowest BCUT2D eigenvalue weighted by Crippen LogP contribution is -2.08. The molecule has 0 atom stereocenters. The van der Waals surface area contributed by atoms with Gasteiger partial charge in [0.1, 0.15) is 5.65 Å². The number of nitrogens with two attached hydrogens (primary N) is 1. The standard InChI is InChI=1S/C12H17N3O2/c13-8-10-9-15(4-6-17-7-5-16)12-11(10)2-1-3-14-12/h1-3,9,16H,4-8,13H2. The highest BCUT2D eigenvalue weighted by atomic mass is 16.5. The molecule has 2 aromatic rings. The fourth-order valence-electron chi connectivity index (χ4n) is 1.86. The average molecular weight is 235 g/mol. The molecule has 0 aliphatic rings. The molecule has 0 saturated carbocycles. The topological polar surface area (TPSA) is 73.3 Å². The Labute approximate surface area is 99.8 Å². The Hall–Kier alpha value is -1.43. The molecular formula is C12H17N3O2. The number of hydrogen-bond donors (Lipinski definition) is 2. The van der Waals surface area contributed by atoms with Crippen molar-refractivity contribution in [1.29, 1.82) is 0 Å². The highest BCUT2D eigenvalue weighted by molar-refractivity contribution is 5.80. The predicted molar refractivity (Wildman–Crippen MR) is 65.5 cm³/mol. The van der Waals surface area contributed by atoms with Gasteiger partial charge in [-0.3, -0.25) is 0 Å². The summed E-state index contributed by atoms with van der Waals surface area (Å²) in [5, 5.41) is 9.71. The van der Waals surface area contributed by atoms with Crippen LogP contribution in [-0.4, -0.2) is 34.5 Å². The van der Waals surface area contributed by atoms with Crippen LogP contribution in [0.15, 0.2) is 24.5 Å². The van der Waals surface area contributed by atoms with E-state index in [2.05, 4.69) is 4.98 Å². The maximum absolute atomic E-state index is 8.62. The molecule has 0 unspecified atom stereocenters. The fourth-order valence-corrected chi connectivity index (χ4v) is 1.86. The number of aliphatic hydroxyl groups is 1. The predicted octanol–water partition coefficient (Wildman–Crippen LogP) is 0.504. The summed E-state index contributed by atoms with van der Waals surface area (Å²) in [6.45, 7) is 2.21. The first-order valence-electron chi connectivity index (χ1n) is 5.68. The van der Waals surface area contributed by atoms with Crippen LogP contribution in [0.1, 0.15) is 5.56 Å². The smallest absolute Gasteiger partial charge is 0.140 e. The monoisotopic (exact) mass is 235 g/mol. The minimum absolute atomic E-state index is 0.0543. The molecule has 17 heavy (non-hydrogen) atoms. The quantitative estimate of drug-likeness (QED) is 0.715. The van der Waals surface area contributed by atoms with E-state index in [1.165, 1.54) is 0 Å². The van der Waals surface area contributed by atoms with Crippen molar-refractivity contribution >= 4 is 11.0 Å². The van der Waals surface area contributed by atoms with Crippen molar-refractivity contribution in [2.75, 3.05) is 19.8 Å². The SMILES string of the molecule is NCc1cn(CCOCCO)c2ncccc12. The first kappa shape index (κ1) is 12.0. The summed E-state index contributed by atoms with van der Waals surface area (Å²) in [6, 6.07) is 3.93. The maximum Gasteiger partial charge on any atom is 0.140 e. The molecule has 2 aromatic heterocycles. The van der Waals surface area contributed by atoms with Gasteiger partial charge in [-0.25, -0.2) is 4.98 Å². The van der Waals surface area contributed by atoms with Crippen LogP contribution in [0, 0.1) is 0 Å². The second-order valence-corrected chi connectivity index (χ2v) is 3.76. The van der Waals surface area contributed by atoms with E-state index >= 15 is 0 Å². The van der Waals surface area contributed by atoms with Crippen LogP contribution in [0.25, 0.3) is 11.0 Å². The van der Waals surface area contributed by atoms with E-state index < -0.39 is 0 Å². The molecule has 92 valence electrons. The fraction of sp³-hybridized carbons (Fsp3) is 0.417. The van der Waals surface area contributed by atoms with Crippen molar-refractivity contribution in [2.45, 2.75) is 13.1 Å². The van der Waals surface area contributed by atoms with E-state index in [1.807, 2.05) is 22.9 Å². The minimum Gasteiger partial charge on any atom is -0.394 e. The first-order chi connectivity index (χ1) is 8.36. The van der Waals surface area contributed by atoms with Crippen LogP contribution in [-0.2, 0) is 17.8 Å². The van der Waals surface area contributed by atoms with Crippen molar-refractivity contribution in [3.8, 4) is 0 Å². The third-order valence-corrected chi connectivity index (χ3v) is 2.65. The van der Waals surface area contributed by atoms with Crippen molar-refractivity contribution in [3.05, 3.63) is 30.1 Å². The molecule has 0 fully saturated rings. The second kappa shape index (κ2) is 5.77. The highest BCUT2D eigenvalue weighted by Gasteiger charge is 2.07. The Bertz CT molecular complexity index is 482. The third-order valence-electron chi connectivity index (χ3n) is 2.65. The summed E-state index contributed by atoms with van der Waals surface area (Å²) in [7, 11) is 0. The van der Waals surface area contributed by atoms with Gasteiger partial charge in [0.15, 0.2) is 0 Å². The molecule has 0 saturated heterocycles. The van der Waals surface area contributed by atoms with Gasteiger partial charge < -0.3 is 20.1 Å². The molecule has 0 aromatic carbocycles. The number of hydrogen-bond acceptors (Lipinski definition) is 4. The van der Waals surface area contributed by atoms with Gasteiger partial charge in [0.25, 0.3) is 0 Å². The van der Waals surface area contributed by atoms with Gasteiger partial charge in [0, 0.05) is 30.9 Å². The summed E-state index contributed by atoms with van der Waals surface area (Å²) in [5.74, 6) is 0. The molecular weight excluding hydrogens is 218 g/mol. The Kier molecular flexibility index (Phi) is 4.08. The molecule has 0 aliphatic carbocycles. The number of pyridine rings is 1. The molecule has 0 radical (unpaired) electrons. The molecule has 3 N–H and O–H groups in total. The van der Waals surface area contributed by atoms with Crippen molar-refractivity contribution < 1.29 is 9.84 Å². The zero-order chi connectivity index (χ0) is 12.1. The van der Waals surface area contributed by atoms with Crippen LogP contribution in [0.2, 0.25) is 0 Å². The van der Waals surface area contributed by atoms with Gasteiger partial charge in [-0.2, -0.15) is 0 Å². The maximum atomic E-state index is 8.62. The van der Waals surface area contributed by atoms with Crippen LogP contribution < -0.4 is 5.73 Å². The van der Waals surface area contributed by atoms with Gasteiger partial charge in [0.05, 0.1) is 19.8 Å². The average Bonchev–Trinajstić information content (AvgIpc) is 2.73. The third kappa shape index (κ3) is 2.63. The molecule has 0 spiro atoms. The zero-order valence-corrected chi connectivity index (χ0v) is 9.67. The number of aliphatic hydroxyl groups excluding tert-OH is 1. The Balaban J connectivity index is 2.16. The van der Waals surface area contributed by atoms with Gasteiger partial charge in [-0.1, -0.05) is 0 Å². The lowest BCUT2D eigenvalue weighted by Gasteiger charge is -2.04. The molecule has 0 aliphatic heterocycles. The number of fused-ring (bicyclic) bond motifs is 1. The van der Waals surface area contributed by atoms with Gasteiger partial charge in [0.2, 0.25) is 0 Å². The number of rotatable bonds is 6. The van der Waals surface area contributed by atoms with E-state index in [9.17, 15) is 0 Å². The molecule has 0 bridgehead atoms. The Morgan fingerprint density at radius 2 is 2.29 bits per heavy atom. The van der Waals surface area contributed by atoms with E-state index in [1.54, 1.807) is 6.20 Å². The Morgan fingerprint density at radius 3 is 3.06 bits per heavy atom. The van der Waals surface area contributed by atoms with Gasteiger partial charge >= 0.3 is 0 Å². The molecule has 2 heterocycles. The highest BCUT2D eigenvalue weighted by Crippen LogP contribution is 2.18. The second-order valence-electron chi connectivity index (χ2n) is 3.76. The summed E-state index contributed by atoms with van der Waals surface area (Å²) in [6.07, 6.45) is 3.79. The Morgan fingerprint density at radius 1 is 1.41 bits per heavy atom.